The van der Waals surface area contributed by atoms with Crippen LogP contribution in [-0.2, 0) is 17.8 Å². The van der Waals surface area contributed by atoms with Gasteiger partial charge in [0, 0.05) is 24.9 Å². The van der Waals surface area contributed by atoms with E-state index in [1.54, 1.807) is 18.7 Å². The smallest absolute Gasteiger partial charge is 0.223 e. The monoisotopic (exact) mass is 327 g/mol. The van der Waals surface area contributed by atoms with Gasteiger partial charge in [0.15, 0.2) is 0 Å². The number of aryl methyl sites for hydroxylation is 1. The summed E-state index contributed by atoms with van der Waals surface area (Å²) < 4.78 is 5.48. The first-order valence-electron chi connectivity index (χ1n) is 8.61. The third-order valence-electron chi connectivity index (χ3n) is 4.73. The number of likely N-dealkylation sites (tertiary alicyclic amines) is 1. The van der Waals surface area contributed by atoms with Crippen molar-refractivity contribution in [1.82, 2.24) is 14.8 Å². The summed E-state index contributed by atoms with van der Waals surface area (Å²) in [6, 6.07) is 8.07. The summed E-state index contributed by atoms with van der Waals surface area (Å²) in [6.07, 6.45) is 8.55. The molecular weight excluding hydrogens is 302 g/mol. The molecule has 0 bridgehead atoms. The molecule has 1 saturated heterocycles. The van der Waals surface area contributed by atoms with Crippen LogP contribution in [0.15, 0.2) is 47.3 Å². The summed E-state index contributed by atoms with van der Waals surface area (Å²) in [7, 11) is 2.14. The van der Waals surface area contributed by atoms with E-state index in [1.807, 2.05) is 29.2 Å². The van der Waals surface area contributed by atoms with Crippen molar-refractivity contribution in [2.45, 2.75) is 38.3 Å². The van der Waals surface area contributed by atoms with E-state index >= 15 is 0 Å². The van der Waals surface area contributed by atoms with Gasteiger partial charge in [-0.15, -0.1) is 0 Å². The Morgan fingerprint density at radius 2 is 2.04 bits per heavy atom. The zero-order valence-electron chi connectivity index (χ0n) is 14.2. The lowest BCUT2D eigenvalue weighted by molar-refractivity contribution is -0.135. The number of aromatic nitrogens is 1. The Balaban J connectivity index is 1.65. The molecule has 0 aromatic carbocycles. The van der Waals surface area contributed by atoms with Crippen LogP contribution in [0.4, 0.5) is 0 Å². The second-order valence-corrected chi connectivity index (χ2v) is 6.49. The summed E-state index contributed by atoms with van der Waals surface area (Å²) in [6.45, 7) is 2.64. The molecule has 0 aliphatic carbocycles. The molecule has 3 rings (SSSR count). The highest BCUT2D eigenvalue weighted by Gasteiger charge is 2.27. The third-order valence-corrected chi connectivity index (χ3v) is 4.73. The highest BCUT2D eigenvalue weighted by Crippen LogP contribution is 2.20. The number of hydrogen-bond acceptors (Lipinski definition) is 4. The Kier molecular flexibility index (Phi) is 5.64. The van der Waals surface area contributed by atoms with E-state index in [2.05, 4.69) is 16.9 Å². The van der Waals surface area contributed by atoms with Crippen molar-refractivity contribution in [2.75, 3.05) is 20.1 Å². The molecule has 0 saturated carbocycles. The average molecular weight is 327 g/mol. The van der Waals surface area contributed by atoms with Crippen molar-refractivity contribution in [2.24, 2.45) is 0 Å². The highest BCUT2D eigenvalue weighted by molar-refractivity contribution is 5.76. The number of nitrogens with zero attached hydrogens (tertiary/aromatic N) is 3. The van der Waals surface area contributed by atoms with Gasteiger partial charge in [0.1, 0.15) is 5.76 Å². The van der Waals surface area contributed by atoms with Gasteiger partial charge in [-0.2, -0.15) is 0 Å². The van der Waals surface area contributed by atoms with Crippen molar-refractivity contribution in [1.29, 1.82) is 0 Å². The van der Waals surface area contributed by atoms with Crippen LogP contribution in [0.25, 0.3) is 0 Å². The molecule has 0 radical (unpaired) electrons. The van der Waals surface area contributed by atoms with Crippen LogP contribution in [0.3, 0.4) is 0 Å². The van der Waals surface area contributed by atoms with Crippen LogP contribution in [0.2, 0.25) is 0 Å². The van der Waals surface area contributed by atoms with E-state index in [0.717, 1.165) is 43.7 Å². The van der Waals surface area contributed by atoms with E-state index in [9.17, 15) is 4.79 Å². The fourth-order valence-corrected chi connectivity index (χ4v) is 3.24. The predicted octanol–water partition coefficient (Wildman–Crippen LogP) is 2.73. The number of furan rings is 1. The van der Waals surface area contributed by atoms with Gasteiger partial charge in [-0.05, 0) is 69.2 Å². The molecule has 128 valence electrons. The fourth-order valence-electron chi connectivity index (χ4n) is 3.24. The van der Waals surface area contributed by atoms with Crippen LogP contribution in [0.5, 0.6) is 0 Å². The zero-order chi connectivity index (χ0) is 16.8. The molecule has 1 aliphatic rings. The van der Waals surface area contributed by atoms with E-state index in [4.69, 9.17) is 4.42 Å². The predicted molar refractivity (Wildman–Crippen MR) is 92.3 cm³/mol. The number of piperidine rings is 1. The molecule has 5 nitrogen and oxygen atoms in total. The topological polar surface area (TPSA) is 49.6 Å². The Bertz CT molecular complexity index is 619. The van der Waals surface area contributed by atoms with Gasteiger partial charge in [0.05, 0.1) is 12.8 Å². The molecule has 0 unspecified atom stereocenters. The number of carbonyl (C=O) groups excluding carboxylic acids is 1. The molecule has 0 atom stereocenters. The van der Waals surface area contributed by atoms with Crippen LogP contribution in [0.1, 0.15) is 30.6 Å². The lowest BCUT2D eigenvalue weighted by Crippen LogP contribution is -2.46. The minimum atomic E-state index is 0.206. The largest absolute Gasteiger partial charge is 0.467 e. The van der Waals surface area contributed by atoms with E-state index in [0.29, 0.717) is 19.0 Å². The standard InChI is InChI=1S/C19H25N3O2/c1-21-12-8-17(9-13-21)22(15-18-3-2-14-24-18)19(23)5-4-16-6-10-20-11-7-16/h2-3,6-7,10-11,14,17H,4-5,8-9,12-13,15H2,1H3. The Morgan fingerprint density at radius 1 is 1.29 bits per heavy atom. The summed E-state index contributed by atoms with van der Waals surface area (Å²) in [5.41, 5.74) is 1.15. The fraction of sp³-hybridized carbons (Fsp3) is 0.474. The Hall–Kier alpha value is -2.14. The first-order valence-corrected chi connectivity index (χ1v) is 8.61. The number of pyridine rings is 1. The quantitative estimate of drug-likeness (QED) is 0.818. The van der Waals surface area contributed by atoms with Gasteiger partial charge in [-0.3, -0.25) is 9.78 Å². The number of carbonyl (C=O) groups is 1. The van der Waals surface area contributed by atoms with Crippen molar-refractivity contribution in [3.05, 3.63) is 54.2 Å². The van der Waals surface area contributed by atoms with Gasteiger partial charge in [-0.25, -0.2) is 0 Å². The van der Waals surface area contributed by atoms with E-state index < -0.39 is 0 Å². The lowest BCUT2D eigenvalue weighted by atomic mass is 10.0. The summed E-state index contributed by atoms with van der Waals surface area (Å²) in [4.78, 5) is 21.2. The third kappa shape index (κ3) is 4.45. The molecule has 0 spiro atoms. The maximum absolute atomic E-state index is 12.9. The van der Waals surface area contributed by atoms with Crippen molar-refractivity contribution < 1.29 is 9.21 Å². The first-order chi connectivity index (χ1) is 11.7. The maximum Gasteiger partial charge on any atom is 0.223 e. The van der Waals surface area contributed by atoms with Crippen LogP contribution < -0.4 is 0 Å². The van der Waals surface area contributed by atoms with Crippen LogP contribution in [0, 0.1) is 0 Å². The minimum Gasteiger partial charge on any atom is -0.467 e. The second-order valence-electron chi connectivity index (χ2n) is 6.49. The van der Waals surface area contributed by atoms with Crippen molar-refractivity contribution >= 4 is 5.91 Å². The van der Waals surface area contributed by atoms with Gasteiger partial charge < -0.3 is 14.2 Å². The molecular formula is C19H25N3O2. The maximum atomic E-state index is 12.9. The molecule has 24 heavy (non-hydrogen) atoms. The molecule has 1 fully saturated rings. The normalized spacial score (nSPS) is 16.2. The molecule has 2 aromatic heterocycles. The van der Waals surface area contributed by atoms with E-state index in [1.165, 1.54) is 0 Å². The Labute approximate surface area is 143 Å². The molecule has 1 aliphatic heterocycles. The first kappa shape index (κ1) is 16.7. The molecule has 2 aromatic rings. The lowest BCUT2D eigenvalue weighted by Gasteiger charge is -2.37. The second kappa shape index (κ2) is 8.11. The number of amides is 1. The van der Waals surface area contributed by atoms with Crippen molar-refractivity contribution in [3.63, 3.8) is 0 Å². The molecule has 3 heterocycles. The number of rotatable bonds is 6. The van der Waals surface area contributed by atoms with Gasteiger partial charge >= 0.3 is 0 Å². The SMILES string of the molecule is CN1CCC(N(Cc2ccco2)C(=O)CCc2ccncc2)CC1. The van der Waals surface area contributed by atoms with Gasteiger partial charge in [0.25, 0.3) is 0 Å². The summed E-state index contributed by atoms with van der Waals surface area (Å²) >= 11 is 0. The van der Waals surface area contributed by atoms with Crippen LogP contribution in [-0.4, -0.2) is 46.9 Å². The number of hydrogen-bond donors (Lipinski definition) is 0. The van der Waals surface area contributed by atoms with Gasteiger partial charge in [0.2, 0.25) is 5.91 Å². The summed E-state index contributed by atoms with van der Waals surface area (Å²) in [5, 5.41) is 0. The minimum absolute atomic E-state index is 0.206. The van der Waals surface area contributed by atoms with Crippen LogP contribution >= 0.6 is 0 Å². The van der Waals surface area contributed by atoms with E-state index in [-0.39, 0.29) is 5.91 Å². The zero-order valence-corrected chi connectivity index (χ0v) is 14.2. The van der Waals surface area contributed by atoms with Crippen molar-refractivity contribution in [3.8, 4) is 0 Å². The highest BCUT2D eigenvalue weighted by atomic mass is 16.3. The molecule has 1 amide bonds. The van der Waals surface area contributed by atoms with Gasteiger partial charge in [-0.1, -0.05) is 0 Å². The summed E-state index contributed by atoms with van der Waals surface area (Å²) in [5.74, 6) is 1.06. The molecule has 5 heteroatoms. The molecule has 0 N–H and O–H groups in total. The average Bonchev–Trinajstić information content (AvgIpc) is 3.13. The Morgan fingerprint density at radius 3 is 2.71 bits per heavy atom.